The Hall–Kier alpha value is -2.41. The molecule has 1 saturated carbocycles. The Bertz CT molecular complexity index is 621. The molecule has 1 fully saturated rings. The minimum atomic E-state index is 0.546. The zero-order valence-corrected chi connectivity index (χ0v) is 9.80. The van der Waals surface area contributed by atoms with E-state index in [0.717, 1.165) is 17.1 Å². The highest BCUT2D eigenvalue weighted by Gasteiger charge is 2.25. The number of anilines is 1. The van der Waals surface area contributed by atoms with Crippen LogP contribution in [-0.4, -0.2) is 9.97 Å². The van der Waals surface area contributed by atoms with Crippen molar-refractivity contribution in [2.45, 2.75) is 18.8 Å². The lowest BCUT2D eigenvalue weighted by Crippen LogP contribution is -1.96. The van der Waals surface area contributed by atoms with Gasteiger partial charge < -0.3 is 5.73 Å². The molecule has 4 nitrogen and oxygen atoms in total. The van der Waals surface area contributed by atoms with E-state index in [1.54, 1.807) is 18.3 Å². The Balaban J connectivity index is 2.02. The normalized spacial score (nSPS) is 14.2. The largest absolute Gasteiger partial charge is 0.399 e. The molecule has 2 heterocycles. The maximum Gasteiger partial charge on any atom is 0.101 e. The molecule has 1 aliphatic carbocycles. The summed E-state index contributed by atoms with van der Waals surface area (Å²) in [4.78, 5) is 8.84. The first-order valence-corrected chi connectivity index (χ1v) is 5.90. The smallest absolute Gasteiger partial charge is 0.101 e. The number of nitriles is 1. The van der Waals surface area contributed by atoms with Crippen LogP contribution in [0, 0.1) is 11.3 Å². The van der Waals surface area contributed by atoms with Crippen molar-refractivity contribution < 1.29 is 0 Å². The highest BCUT2D eigenvalue weighted by atomic mass is 14.8. The highest BCUT2D eigenvalue weighted by molar-refractivity contribution is 5.61. The zero-order chi connectivity index (χ0) is 12.5. The van der Waals surface area contributed by atoms with Crippen LogP contribution < -0.4 is 5.73 Å². The molecule has 88 valence electrons. The summed E-state index contributed by atoms with van der Waals surface area (Å²) in [5, 5.41) is 8.74. The number of nitrogen functional groups attached to an aromatic ring is 1. The molecule has 18 heavy (non-hydrogen) atoms. The standard InChI is InChI=1S/C14H12N4/c15-7-9-1-4-12(17-8-9)14-6-11(16)5-13(18-14)10-2-3-10/h1,4-6,8,10H,2-3H2,(H2,16,18). The fourth-order valence-corrected chi connectivity index (χ4v) is 1.90. The predicted octanol–water partition coefficient (Wildman–Crippen LogP) is 2.47. The fourth-order valence-electron chi connectivity index (χ4n) is 1.90. The predicted molar refractivity (Wildman–Crippen MR) is 68.6 cm³/mol. The SMILES string of the molecule is N#Cc1ccc(-c2cc(N)cc(C3CC3)n2)nc1. The molecule has 2 aromatic rings. The van der Waals surface area contributed by atoms with Gasteiger partial charge in [-0.3, -0.25) is 9.97 Å². The molecule has 0 spiro atoms. The zero-order valence-electron chi connectivity index (χ0n) is 9.80. The molecule has 0 bridgehead atoms. The lowest BCUT2D eigenvalue weighted by molar-refractivity contribution is 1.02. The minimum absolute atomic E-state index is 0.546. The van der Waals surface area contributed by atoms with E-state index < -0.39 is 0 Å². The molecule has 4 heteroatoms. The molecule has 0 atom stereocenters. The van der Waals surface area contributed by atoms with Crippen molar-refractivity contribution in [1.82, 2.24) is 9.97 Å². The van der Waals surface area contributed by atoms with Crippen molar-refractivity contribution in [1.29, 1.82) is 5.26 Å². The third kappa shape index (κ3) is 2.03. The second-order valence-corrected chi connectivity index (χ2v) is 4.53. The number of hydrogen-bond acceptors (Lipinski definition) is 4. The minimum Gasteiger partial charge on any atom is -0.399 e. The molecular formula is C14H12N4. The Morgan fingerprint density at radius 3 is 2.67 bits per heavy atom. The molecule has 2 N–H and O–H groups in total. The quantitative estimate of drug-likeness (QED) is 0.869. The first-order valence-electron chi connectivity index (χ1n) is 5.90. The number of nitrogens with zero attached hydrogens (tertiary/aromatic N) is 3. The van der Waals surface area contributed by atoms with E-state index in [1.165, 1.54) is 12.8 Å². The van der Waals surface area contributed by atoms with E-state index in [2.05, 4.69) is 9.97 Å². The molecule has 0 unspecified atom stereocenters. The lowest BCUT2D eigenvalue weighted by atomic mass is 10.1. The Morgan fingerprint density at radius 2 is 2.06 bits per heavy atom. The van der Waals surface area contributed by atoms with E-state index in [4.69, 9.17) is 11.0 Å². The van der Waals surface area contributed by atoms with E-state index in [9.17, 15) is 0 Å². The van der Waals surface area contributed by atoms with Gasteiger partial charge in [0.15, 0.2) is 0 Å². The molecule has 0 aliphatic heterocycles. The van der Waals surface area contributed by atoms with E-state index in [0.29, 0.717) is 17.2 Å². The number of pyridine rings is 2. The summed E-state index contributed by atoms with van der Waals surface area (Å²) in [5.41, 5.74) is 9.74. The lowest BCUT2D eigenvalue weighted by Gasteiger charge is -2.05. The summed E-state index contributed by atoms with van der Waals surface area (Å²) in [6.07, 6.45) is 3.93. The summed E-state index contributed by atoms with van der Waals surface area (Å²) in [5.74, 6) is 0.561. The van der Waals surface area contributed by atoms with Gasteiger partial charge in [0.1, 0.15) is 6.07 Å². The van der Waals surface area contributed by atoms with Crippen molar-refractivity contribution >= 4 is 5.69 Å². The number of rotatable bonds is 2. The van der Waals surface area contributed by atoms with Crippen molar-refractivity contribution in [2.75, 3.05) is 5.73 Å². The van der Waals surface area contributed by atoms with E-state index in [-0.39, 0.29) is 0 Å². The molecule has 0 radical (unpaired) electrons. The summed E-state index contributed by atoms with van der Waals surface area (Å²) in [6.45, 7) is 0. The Labute approximate surface area is 105 Å². The maximum absolute atomic E-state index is 8.74. The second kappa shape index (κ2) is 4.11. The van der Waals surface area contributed by atoms with Crippen molar-refractivity contribution in [3.8, 4) is 17.5 Å². The average Bonchev–Trinajstić information content (AvgIpc) is 3.22. The van der Waals surface area contributed by atoms with Crippen LogP contribution in [0.3, 0.4) is 0 Å². The first kappa shape index (κ1) is 10.7. The van der Waals surface area contributed by atoms with Gasteiger partial charge in [-0.15, -0.1) is 0 Å². The van der Waals surface area contributed by atoms with Gasteiger partial charge in [-0.05, 0) is 37.1 Å². The van der Waals surface area contributed by atoms with E-state index >= 15 is 0 Å². The van der Waals surface area contributed by atoms with Gasteiger partial charge in [-0.25, -0.2) is 0 Å². The summed E-state index contributed by atoms with van der Waals surface area (Å²) >= 11 is 0. The van der Waals surface area contributed by atoms with Crippen LogP contribution in [-0.2, 0) is 0 Å². The van der Waals surface area contributed by atoms with E-state index in [1.807, 2.05) is 18.2 Å². The molecule has 1 aliphatic rings. The molecule has 0 aromatic carbocycles. The highest BCUT2D eigenvalue weighted by Crippen LogP contribution is 2.40. The van der Waals surface area contributed by atoms with Gasteiger partial charge in [-0.1, -0.05) is 0 Å². The third-order valence-corrected chi connectivity index (χ3v) is 3.02. The van der Waals surface area contributed by atoms with Gasteiger partial charge in [0.25, 0.3) is 0 Å². The summed E-state index contributed by atoms with van der Waals surface area (Å²) < 4.78 is 0. The molecular weight excluding hydrogens is 224 g/mol. The van der Waals surface area contributed by atoms with Crippen LogP contribution in [0.2, 0.25) is 0 Å². The van der Waals surface area contributed by atoms with Gasteiger partial charge in [-0.2, -0.15) is 5.26 Å². The van der Waals surface area contributed by atoms with Crippen LogP contribution in [0.5, 0.6) is 0 Å². The van der Waals surface area contributed by atoms with Crippen LogP contribution >= 0.6 is 0 Å². The van der Waals surface area contributed by atoms with Crippen LogP contribution in [0.1, 0.15) is 30.0 Å². The summed E-state index contributed by atoms with van der Waals surface area (Å²) in [6, 6.07) is 9.35. The van der Waals surface area contributed by atoms with Gasteiger partial charge in [0.05, 0.1) is 17.0 Å². The molecule has 0 saturated heterocycles. The van der Waals surface area contributed by atoms with Gasteiger partial charge in [0.2, 0.25) is 0 Å². The van der Waals surface area contributed by atoms with Crippen LogP contribution in [0.4, 0.5) is 5.69 Å². The summed E-state index contributed by atoms with van der Waals surface area (Å²) in [7, 11) is 0. The topological polar surface area (TPSA) is 75.6 Å². The van der Waals surface area contributed by atoms with Gasteiger partial charge >= 0.3 is 0 Å². The molecule has 0 amide bonds. The van der Waals surface area contributed by atoms with Crippen molar-refractivity contribution in [2.24, 2.45) is 0 Å². The maximum atomic E-state index is 8.74. The molecule has 3 rings (SSSR count). The molecule has 2 aromatic heterocycles. The Kier molecular flexibility index (Phi) is 2.45. The number of hydrogen-bond donors (Lipinski definition) is 1. The average molecular weight is 236 g/mol. The Morgan fingerprint density at radius 1 is 1.22 bits per heavy atom. The monoisotopic (exact) mass is 236 g/mol. The fraction of sp³-hybridized carbons (Fsp3) is 0.214. The number of nitrogens with two attached hydrogens (primary N) is 1. The third-order valence-electron chi connectivity index (χ3n) is 3.02. The van der Waals surface area contributed by atoms with Crippen molar-refractivity contribution in [3.05, 3.63) is 41.7 Å². The number of aromatic nitrogens is 2. The first-order chi connectivity index (χ1) is 8.76. The van der Waals surface area contributed by atoms with Crippen molar-refractivity contribution in [3.63, 3.8) is 0 Å². The van der Waals surface area contributed by atoms with Gasteiger partial charge in [0, 0.05) is 23.5 Å². The van der Waals surface area contributed by atoms with Crippen LogP contribution in [0.15, 0.2) is 30.5 Å². The van der Waals surface area contributed by atoms with Crippen LogP contribution in [0.25, 0.3) is 11.4 Å². The second-order valence-electron chi connectivity index (χ2n) is 4.53.